The summed E-state index contributed by atoms with van der Waals surface area (Å²) in [5, 5.41) is 34.3. The Morgan fingerprint density at radius 2 is 1.73 bits per heavy atom. The number of rotatable bonds is 7. The highest BCUT2D eigenvalue weighted by atomic mass is 16.3. The van der Waals surface area contributed by atoms with E-state index in [2.05, 4.69) is 0 Å². The number of aliphatic hydroxyl groups excluding tert-OH is 1. The van der Waals surface area contributed by atoms with Crippen LogP contribution < -0.4 is 5.11 Å². The van der Waals surface area contributed by atoms with Crippen LogP contribution in [0.3, 0.4) is 0 Å². The lowest BCUT2D eigenvalue weighted by molar-refractivity contribution is -0.300. The molecular formula is C21H29O5-. The Kier molecular flexibility index (Phi) is 7.16. The topological polar surface area (TPSA) is 97.7 Å². The normalized spacial score (nSPS) is 21.6. The van der Waals surface area contributed by atoms with Crippen LogP contribution in [0.25, 0.3) is 0 Å². The fourth-order valence-corrected chi connectivity index (χ4v) is 2.62. The van der Waals surface area contributed by atoms with Crippen molar-refractivity contribution in [1.82, 2.24) is 0 Å². The van der Waals surface area contributed by atoms with Crippen LogP contribution in [-0.4, -0.2) is 27.4 Å². The molecule has 0 saturated carbocycles. The average molecular weight is 361 g/mol. The van der Waals surface area contributed by atoms with Crippen molar-refractivity contribution in [2.45, 2.75) is 66.4 Å². The highest BCUT2D eigenvalue weighted by molar-refractivity contribution is 6.25. The van der Waals surface area contributed by atoms with E-state index in [4.69, 9.17) is 0 Å². The van der Waals surface area contributed by atoms with E-state index in [-0.39, 0.29) is 18.4 Å². The van der Waals surface area contributed by atoms with Gasteiger partial charge in [-0.15, -0.1) is 0 Å². The van der Waals surface area contributed by atoms with E-state index >= 15 is 0 Å². The third kappa shape index (κ3) is 4.33. The van der Waals surface area contributed by atoms with Crippen LogP contribution in [0.2, 0.25) is 0 Å². The van der Waals surface area contributed by atoms with E-state index in [1.807, 2.05) is 13.8 Å². The van der Waals surface area contributed by atoms with Crippen LogP contribution in [0.5, 0.6) is 0 Å². The molecule has 1 rings (SSSR count). The summed E-state index contributed by atoms with van der Waals surface area (Å²) in [5.74, 6) is -3.54. The lowest BCUT2D eigenvalue weighted by Crippen LogP contribution is -2.48. The van der Waals surface area contributed by atoms with Crippen molar-refractivity contribution in [2.75, 3.05) is 0 Å². The number of Topliss-reactive ketones (excluding diaryl/α,β-unsaturated/α-hetero) is 2. The molecular weight excluding hydrogens is 332 g/mol. The Hall–Kier alpha value is -2.14. The van der Waals surface area contributed by atoms with Crippen LogP contribution in [0, 0.1) is 5.92 Å². The molecule has 0 saturated heterocycles. The smallest absolute Gasteiger partial charge is 0.205 e. The van der Waals surface area contributed by atoms with Gasteiger partial charge in [0.25, 0.3) is 0 Å². The summed E-state index contributed by atoms with van der Waals surface area (Å²) in [4.78, 5) is 25.5. The first kappa shape index (κ1) is 21.9. The zero-order valence-corrected chi connectivity index (χ0v) is 16.5. The molecule has 0 bridgehead atoms. The molecule has 0 aromatic heterocycles. The van der Waals surface area contributed by atoms with E-state index < -0.39 is 40.2 Å². The van der Waals surface area contributed by atoms with Gasteiger partial charge in [-0.25, -0.2) is 0 Å². The van der Waals surface area contributed by atoms with Crippen LogP contribution >= 0.6 is 0 Å². The molecule has 0 radical (unpaired) electrons. The average Bonchev–Trinajstić information content (AvgIpc) is 2.57. The Morgan fingerprint density at radius 3 is 2.19 bits per heavy atom. The fourth-order valence-electron chi connectivity index (χ4n) is 2.62. The molecule has 0 aliphatic heterocycles. The van der Waals surface area contributed by atoms with Crippen molar-refractivity contribution in [3.05, 3.63) is 46.0 Å². The summed E-state index contributed by atoms with van der Waals surface area (Å²) >= 11 is 0. The molecule has 0 spiro atoms. The highest BCUT2D eigenvalue weighted by Crippen LogP contribution is 2.37. The maximum atomic E-state index is 12.9. The molecule has 5 nitrogen and oxygen atoms in total. The Bertz CT molecular complexity index is 713. The van der Waals surface area contributed by atoms with Crippen molar-refractivity contribution < 1.29 is 24.9 Å². The number of carbonyl (C=O) groups is 2. The Labute approximate surface area is 155 Å². The number of carbonyl (C=O) groups excluding carboxylic acids is 2. The first-order valence-electron chi connectivity index (χ1n) is 8.89. The molecule has 1 unspecified atom stereocenters. The molecule has 0 amide bonds. The van der Waals surface area contributed by atoms with Gasteiger partial charge in [-0.2, -0.15) is 0 Å². The van der Waals surface area contributed by atoms with Crippen molar-refractivity contribution in [3.8, 4) is 0 Å². The van der Waals surface area contributed by atoms with Gasteiger partial charge >= 0.3 is 0 Å². The molecule has 0 fully saturated rings. The third-order valence-corrected chi connectivity index (χ3v) is 4.61. The van der Waals surface area contributed by atoms with E-state index in [0.717, 1.165) is 11.1 Å². The molecule has 2 N–H and O–H groups in total. The van der Waals surface area contributed by atoms with Gasteiger partial charge in [0.2, 0.25) is 5.78 Å². The van der Waals surface area contributed by atoms with Gasteiger partial charge in [0, 0.05) is 12.3 Å². The van der Waals surface area contributed by atoms with Gasteiger partial charge < -0.3 is 15.3 Å². The summed E-state index contributed by atoms with van der Waals surface area (Å²) < 4.78 is 0. The van der Waals surface area contributed by atoms with Crippen LogP contribution in [0.15, 0.2) is 46.0 Å². The fraction of sp³-hybridized carbons (Fsp3) is 0.524. The molecule has 1 aliphatic carbocycles. The molecule has 2 atom stereocenters. The first-order valence-corrected chi connectivity index (χ1v) is 8.89. The van der Waals surface area contributed by atoms with Crippen LogP contribution in [0.1, 0.15) is 60.8 Å². The van der Waals surface area contributed by atoms with Crippen LogP contribution in [-0.2, 0) is 9.59 Å². The molecule has 26 heavy (non-hydrogen) atoms. The van der Waals surface area contributed by atoms with Gasteiger partial charge in [0.1, 0.15) is 5.76 Å². The van der Waals surface area contributed by atoms with E-state index in [1.165, 1.54) is 0 Å². The lowest BCUT2D eigenvalue weighted by atomic mass is 9.76. The van der Waals surface area contributed by atoms with Gasteiger partial charge in [-0.1, -0.05) is 42.9 Å². The molecule has 0 heterocycles. The number of hydrogen-bond acceptors (Lipinski definition) is 5. The van der Waals surface area contributed by atoms with E-state index in [9.17, 15) is 24.9 Å². The summed E-state index contributed by atoms with van der Waals surface area (Å²) in [6.07, 6.45) is 3.64. The number of allylic oxidation sites excluding steroid dienone is 4. The van der Waals surface area contributed by atoms with Crippen molar-refractivity contribution in [2.24, 2.45) is 5.92 Å². The largest absolute Gasteiger partial charge is 0.872 e. The zero-order chi connectivity index (χ0) is 20.2. The second-order valence-electron chi connectivity index (χ2n) is 7.37. The minimum absolute atomic E-state index is 0.0503. The van der Waals surface area contributed by atoms with Crippen molar-refractivity contribution in [1.29, 1.82) is 0 Å². The predicted octanol–water partition coefficient (Wildman–Crippen LogP) is 3.05. The van der Waals surface area contributed by atoms with Crippen molar-refractivity contribution in [3.63, 3.8) is 0 Å². The van der Waals surface area contributed by atoms with Crippen LogP contribution in [0.4, 0.5) is 0 Å². The number of hydrogen-bond donors (Lipinski definition) is 2. The number of ketones is 2. The van der Waals surface area contributed by atoms with E-state index in [0.29, 0.717) is 6.42 Å². The van der Waals surface area contributed by atoms with Crippen molar-refractivity contribution >= 4 is 11.6 Å². The summed E-state index contributed by atoms with van der Waals surface area (Å²) in [7, 11) is 0. The summed E-state index contributed by atoms with van der Waals surface area (Å²) in [5.41, 5.74) is -1.15. The predicted molar refractivity (Wildman–Crippen MR) is 99.2 cm³/mol. The quantitative estimate of drug-likeness (QED) is 0.536. The molecule has 1 aliphatic rings. The lowest BCUT2D eigenvalue weighted by Gasteiger charge is -2.36. The van der Waals surface area contributed by atoms with Gasteiger partial charge in [0.05, 0.1) is 5.57 Å². The second kappa shape index (κ2) is 8.49. The zero-order valence-electron chi connectivity index (χ0n) is 16.5. The molecule has 144 valence electrons. The summed E-state index contributed by atoms with van der Waals surface area (Å²) in [6.45, 7) is 10.7. The van der Waals surface area contributed by atoms with Gasteiger partial charge in [-0.3, -0.25) is 9.59 Å². The second-order valence-corrected chi connectivity index (χ2v) is 7.37. The van der Waals surface area contributed by atoms with Gasteiger partial charge in [-0.05, 0) is 46.1 Å². The standard InChI is InChI=1S/C21H30O5/c1-7-14(6)17(22)16-18(23)15(9-8-12(2)3)19(24)21(26,20(16)25)11-10-13(4)5/h8,10,14,23-24,26H,7,9,11H2,1-6H3/p-1/t14?,21-/m1/s1. The molecule has 0 aromatic rings. The van der Waals surface area contributed by atoms with E-state index in [1.54, 1.807) is 39.8 Å². The minimum Gasteiger partial charge on any atom is -0.872 e. The maximum absolute atomic E-state index is 12.9. The Balaban J connectivity index is 3.63. The maximum Gasteiger partial charge on any atom is 0.205 e. The SMILES string of the molecule is CCC(C)C(=O)C1=C([O-])C(CC=C(C)C)=C(O)[C@](O)(CC=C(C)C)C1=O. The highest BCUT2D eigenvalue weighted by Gasteiger charge is 2.47. The van der Waals surface area contributed by atoms with Gasteiger partial charge in [0.15, 0.2) is 11.4 Å². The molecule has 5 heteroatoms. The Morgan fingerprint density at radius 1 is 1.19 bits per heavy atom. The third-order valence-electron chi connectivity index (χ3n) is 4.61. The monoisotopic (exact) mass is 361 g/mol. The molecule has 0 aromatic carbocycles. The first-order chi connectivity index (χ1) is 12.0. The summed E-state index contributed by atoms with van der Waals surface area (Å²) in [6, 6.07) is 0. The number of aliphatic hydroxyl groups is 2. The minimum atomic E-state index is -2.28.